The molecule has 0 N–H and O–H groups in total. The lowest BCUT2D eigenvalue weighted by Crippen LogP contribution is -1.95. The van der Waals surface area contributed by atoms with E-state index in [0.29, 0.717) is 0 Å². The van der Waals surface area contributed by atoms with Gasteiger partial charge in [0.15, 0.2) is 5.76 Å². The van der Waals surface area contributed by atoms with Crippen LogP contribution in [0.3, 0.4) is 0 Å². The van der Waals surface area contributed by atoms with Crippen LogP contribution in [0.5, 0.6) is 0 Å². The highest BCUT2D eigenvalue weighted by Crippen LogP contribution is 2.12. The van der Waals surface area contributed by atoms with Gasteiger partial charge in [-0.2, -0.15) is 4.39 Å². The number of thioether (sulfide) groups is 1. The topological polar surface area (TPSA) is 26.3 Å². The molecule has 0 aliphatic heterocycles. The molecule has 0 aromatic carbocycles. The summed E-state index contributed by atoms with van der Waals surface area (Å²) in [5.41, 5.74) is 2.21. The fourth-order valence-electron chi connectivity index (χ4n) is 0.394. The van der Waals surface area contributed by atoms with Gasteiger partial charge in [0, 0.05) is 0 Å². The number of hydrogen-bond donors (Lipinski definition) is 0. The Bertz CT molecular complexity index is 252. The van der Waals surface area contributed by atoms with Gasteiger partial charge in [0.25, 0.3) is 0 Å². The van der Waals surface area contributed by atoms with Crippen molar-refractivity contribution in [3.63, 3.8) is 0 Å². The van der Waals surface area contributed by atoms with Crippen molar-refractivity contribution in [1.82, 2.24) is 0 Å². The first-order chi connectivity index (χ1) is 5.61. The van der Waals surface area contributed by atoms with Crippen LogP contribution >= 0.6 is 11.8 Å². The first-order valence-corrected chi connectivity index (χ1v) is 4.36. The van der Waals surface area contributed by atoms with Crippen LogP contribution in [0.2, 0.25) is 0 Å². The number of carbonyl (C=O) groups is 1. The first-order valence-electron chi connectivity index (χ1n) is 3.13. The normalized spacial score (nSPS) is 8.25. The highest BCUT2D eigenvalue weighted by atomic mass is 32.2. The van der Waals surface area contributed by atoms with Gasteiger partial charge in [0.2, 0.25) is 5.83 Å². The molecule has 0 spiro atoms. The van der Waals surface area contributed by atoms with Crippen LogP contribution in [-0.2, 0) is 4.74 Å². The lowest BCUT2D eigenvalue weighted by Gasteiger charge is -2.00. The summed E-state index contributed by atoms with van der Waals surface area (Å²) >= 11 is 0.849. The third-order valence-electron chi connectivity index (χ3n) is 0.889. The Kier molecular flexibility index (Phi) is 5.17. The fraction of sp³-hybridized carbons (Fsp3) is 0.250. The molecule has 12 heavy (non-hydrogen) atoms. The summed E-state index contributed by atoms with van der Waals surface area (Å²) in [7, 11) is 0. The van der Waals surface area contributed by atoms with Crippen molar-refractivity contribution in [3.8, 4) is 0 Å². The van der Waals surface area contributed by atoms with Crippen LogP contribution in [0, 0.1) is 0 Å². The van der Waals surface area contributed by atoms with Crippen molar-refractivity contribution in [2.75, 3.05) is 6.26 Å². The molecule has 0 aliphatic rings. The Hall–Kier alpha value is -0.990. The maximum absolute atomic E-state index is 12.7. The van der Waals surface area contributed by atoms with Gasteiger partial charge >= 0.3 is 5.30 Å². The van der Waals surface area contributed by atoms with Gasteiger partial charge in [-0.1, -0.05) is 12.3 Å². The van der Waals surface area contributed by atoms with E-state index in [9.17, 15) is 9.18 Å². The van der Waals surface area contributed by atoms with Crippen molar-refractivity contribution in [1.29, 1.82) is 0 Å². The monoisotopic (exact) mass is 188 g/mol. The highest BCUT2D eigenvalue weighted by Gasteiger charge is 2.06. The van der Waals surface area contributed by atoms with E-state index < -0.39 is 11.1 Å². The van der Waals surface area contributed by atoms with Gasteiger partial charge < -0.3 is 4.74 Å². The third kappa shape index (κ3) is 4.01. The van der Waals surface area contributed by atoms with Gasteiger partial charge in [-0.15, -0.1) is 0 Å². The first kappa shape index (κ1) is 11.0. The quantitative estimate of drug-likeness (QED) is 0.288. The average molecular weight is 188 g/mol. The Morgan fingerprint density at radius 2 is 2.33 bits per heavy atom. The number of carbonyl (C=O) groups excluding carboxylic acids is 1. The fourth-order valence-corrected chi connectivity index (χ4v) is 0.578. The van der Waals surface area contributed by atoms with Gasteiger partial charge in [-0.25, -0.2) is 4.79 Å². The molecular weight excluding hydrogens is 179 g/mol. The van der Waals surface area contributed by atoms with Crippen LogP contribution in [0.4, 0.5) is 9.18 Å². The van der Waals surface area contributed by atoms with Crippen LogP contribution in [0.1, 0.15) is 6.92 Å². The second kappa shape index (κ2) is 5.63. The Morgan fingerprint density at radius 1 is 1.75 bits per heavy atom. The Morgan fingerprint density at radius 3 is 2.75 bits per heavy atom. The molecule has 0 radical (unpaired) electrons. The molecule has 0 bridgehead atoms. The predicted octanol–water partition coefficient (Wildman–Crippen LogP) is 3.03. The van der Waals surface area contributed by atoms with E-state index in [4.69, 9.17) is 0 Å². The molecule has 0 rings (SSSR count). The molecule has 0 aromatic rings. The molecule has 0 saturated heterocycles. The summed E-state index contributed by atoms with van der Waals surface area (Å²) in [6, 6.07) is 0. The molecule has 0 fully saturated rings. The van der Waals surface area contributed by atoms with Crippen molar-refractivity contribution < 1.29 is 13.9 Å². The molecular formula is C8H9FO2S. The molecule has 0 aliphatic carbocycles. The Balaban J connectivity index is 4.24. The smallest absolute Gasteiger partial charge is 0.372 e. The zero-order valence-corrected chi connectivity index (χ0v) is 7.70. The molecule has 2 nitrogen and oxygen atoms in total. The molecule has 0 unspecified atom stereocenters. The second-order valence-corrected chi connectivity index (χ2v) is 2.47. The molecule has 0 amide bonds. The van der Waals surface area contributed by atoms with Crippen molar-refractivity contribution in [3.05, 3.63) is 30.0 Å². The zero-order chi connectivity index (χ0) is 9.56. The summed E-state index contributed by atoms with van der Waals surface area (Å²) in [6.45, 7) is 4.81. The maximum atomic E-state index is 12.7. The number of hydrogen-bond acceptors (Lipinski definition) is 3. The predicted molar refractivity (Wildman–Crippen MR) is 47.5 cm³/mol. The minimum Gasteiger partial charge on any atom is -0.415 e. The number of allylic oxidation sites excluding steroid dienone is 1. The maximum Gasteiger partial charge on any atom is 0.372 e. The van der Waals surface area contributed by atoms with E-state index in [0.717, 1.165) is 11.8 Å². The summed E-state index contributed by atoms with van der Waals surface area (Å²) in [4.78, 5) is 10.6. The van der Waals surface area contributed by atoms with Gasteiger partial charge in [0.1, 0.15) is 0 Å². The number of rotatable bonds is 2. The van der Waals surface area contributed by atoms with Gasteiger partial charge in [0.05, 0.1) is 0 Å². The van der Waals surface area contributed by atoms with Crippen LogP contribution in [0.25, 0.3) is 0 Å². The van der Waals surface area contributed by atoms with Crippen molar-refractivity contribution in [2.45, 2.75) is 6.92 Å². The lowest BCUT2D eigenvalue weighted by atomic mass is 10.4. The van der Waals surface area contributed by atoms with Crippen LogP contribution in [0.15, 0.2) is 30.0 Å². The largest absolute Gasteiger partial charge is 0.415 e. The van der Waals surface area contributed by atoms with E-state index in [2.05, 4.69) is 17.0 Å². The van der Waals surface area contributed by atoms with E-state index >= 15 is 0 Å². The van der Waals surface area contributed by atoms with Crippen LogP contribution < -0.4 is 0 Å². The molecule has 0 heterocycles. The number of halogens is 1. The average Bonchev–Trinajstić information content (AvgIpc) is 2.04. The summed E-state index contributed by atoms with van der Waals surface area (Å²) in [5.74, 6) is -1.08. The lowest BCUT2D eigenvalue weighted by molar-refractivity contribution is 0.204. The minimum atomic E-state index is -0.764. The summed E-state index contributed by atoms with van der Waals surface area (Å²) < 4.78 is 17.1. The third-order valence-corrected chi connectivity index (χ3v) is 1.31. The molecule has 66 valence electrons. The Labute approximate surface area is 74.8 Å². The molecule has 0 saturated carbocycles. The SMILES string of the molecule is C=C(OC(=O)SC)C(F)=C=CC. The minimum absolute atomic E-state index is 0.313. The van der Waals surface area contributed by atoms with Gasteiger partial charge in [-0.3, -0.25) is 0 Å². The van der Waals surface area contributed by atoms with E-state index in [1.54, 1.807) is 6.92 Å². The number of ether oxygens (including phenoxy) is 1. The molecule has 0 aromatic heterocycles. The molecule has 0 atom stereocenters. The second-order valence-electron chi connectivity index (χ2n) is 1.73. The summed E-state index contributed by atoms with van der Waals surface area (Å²) in [5, 5.41) is -0.590. The van der Waals surface area contributed by atoms with E-state index in [1.807, 2.05) is 0 Å². The highest BCUT2D eigenvalue weighted by molar-refractivity contribution is 8.12. The standard InChI is InChI=1S/C8H9FO2S/c1-4-5-7(9)6(2)11-8(10)12-3/h4H,2H2,1,3H3. The van der Waals surface area contributed by atoms with E-state index in [-0.39, 0.29) is 5.76 Å². The zero-order valence-electron chi connectivity index (χ0n) is 6.89. The van der Waals surface area contributed by atoms with Gasteiger partial charge in [-0.05, 0) is 31.0 Å². The van der Waals surface area contributed by atoms with E-state index in [1.165, 1.54) is 12.3 Å². The summed E-state index contributed by atoms with van der Waals surface area (Å²) in [6.07, 6.45) is 2.90. The van der Waals surface area contributed by atoms with Crippen molar-refractivity contribution in [2.24, 2.45) is 0 Å². The molecule has 4 heteroatoms. The van der Waals surface area contributed by atoms with Crippen molar-refractivity contribution >= 4 is 17.1 Å². The van der Waals surface area contributed by atoms with Crippen LogP contribution in [-0.4, -0.2) is 11.6 Å².